The standard InChI is InChI=1S/C12H27N5/c1-3-17(4-2)10-9-14-12(16-13)15-11-7-5-6-8-11/h11H,3-10,13H2,1-2H3,(H2,14,15,16). The second-order valence-corrected chi connectivity index (χ2v) is 4.53. The number of hydrogen-bond donors (Lipinski definition) is 3. The first kappa shape index (κ1) is 14.3. The van der Waals surface area contributed by atoms with Crippen LogP contribution in [-0.2, 0) is 0 Å². The number of likely N-dealkylation sites (N-methyl/N-ethyl adjacent to an activating group) is 1. The SMILES string of the molecule is CCN(CC)CCN=C(NN)NC1CCCC1. The summed E-state index contributed by atoms with van der Waals surface area (Å²) in [6, 6.07) is 0.554. The van der Waals surface area contributed by atoms with Crippen LogP contribution in [0, 0.1) is 0 Å². The quantitative estimate of drug-likeness (QED) is 0.277. The molecule has 0 bridgehead atoms. The molecule has 0 aromatic rings. The molecule has 5 nitrogen and oxygen atoms in total. The van der Waals surface area contributed by atoms with Crippen LogP contribution in [0.4, 0.5) is 0 Å². The Bertz CT molecular complexity index is 219. The third-order valence-electron chi connectivity index (χ3n) is 3.41. The summed E-state index contributed by atoms with van der Waals surface area (Å²) in [6.07, 6.45) is 5.09. The number of guanidine groups is 1. The molecule has 0 heterocycles. The highest BCUT2D eigenvalue weighted by Gasteiger charge is 2.15. The summed E-state index contributed by atoms with van der Waals surface area (Å²) in [4.78, 5) is 6.82. The fourth-order valence-electron chi connectivity index (χ4n) is 2.24. The summed E-state index contributed by atoms with van der Waals surface area (Å²) >= 11 is 0. The minimum Gasteiger partial charge on any atom is -0.353 e. The van der Waals surface area contributed by atoms with Crippen LogP contribution in [0.25, 0.3) is 0 Å². The molecule has 0 saturated heterocycles. The lowest BCUT2D eigenvalue weighted by atomic mass is 10.2. The lowest BCUT2D eigenvalue weighted by Crippen LogP contribution is -2.46. The van der Waals surface area contributed by atoms with E-state index in [1.165, 1.54) is 25.7 Å². The van der Waals surface area contributed by atoms with Gasteiger partial charge in [-0.25, -0.2) is 5.84 Å². The van der Waals surface area contributed by atoms with Crippen LogP contribution in [-0.4, -0.2) is 43.1 Å². The molecule has 0 amide bonds. The zero-order chi connectivity index (χ0) is 12.5. The Labute approximate surface area is 105 Å². The lowest BCUT2D eigenvalue weighted by molar-refractivity contribution is 0.313. The highest BCUT2D eigenvalue weighted by atomic mass is 15.3. The van der Waals surface area contributed by atoms with Crippen molar-refractivity contribution in [3.8, 4) is 0 Å². The summed E-state index contributed by atoms with van der Waals surface area (Å²) in [5, 5.41) is 3.37. The number of nitrogens with zero attached hydrogens (tertiary/aromatic N) is 2. The van der Waals surface area contributed by atoms with E-state index in [1.807, 2.05) is 0 Å². The summed E-state index contributed by atoms with van der Waals surface area (Å²) < 4.78 is 0. The number of nitrogens with two attached hydrogens (primary N) is 1. The predicted octanol–water partition coefficient (Wildman–Crippen LogP) is 0.680. The van der Waals surface area contributed by atoms with Gasteiger partial charge in [0.05, 0.1) is 6.54 Å². The Morgan fingerprint density at radius 3 is 2.47 bits per heavy atom. The Morgan fingerprint density at radius 2 is 1.94 bits per heavy atom. The van der Waals surface area contributed by atoms with E-state index in [0.717, 1.165) is 32.1 Å². The highest BCUT2D eigenvalue weighted by Crippen LogP contribution is 2.17. The molecule has 0 aromatic heterocycles. The van der Waals surface area contributed by atoms with E-state index in [0.29, 0.717) is 6.04 Å². The first-order valence-corrected chi connectivity index (χ1v) is 6.80. The summed E-state index contributed by atoms with van der Waals surface area (Å²) in [7, 11) is 0. The number of hydrazine groups is 1. The van der Waals surface area contributed by atoms with Gasteiger partial charge in [-0.3, -0.25) is 10.4 Å². The van der Waals surface area contributed by atoms with Crippen LogP contribution in [0.5, 0.6) is 0 Å². The van der Waals surface area contributed by atoms with Crippen molar-refractivity contribution in [2.75, 3.05) is 26.2 Å². The molecule has 0 unspecified atom stereocenters. The van der Waals surface area contributed by atoms with Gasteiger partial charge in [0.15, 0.2) is 0 Å². The molecule has 0 radical (unpaired) electrons. The monoisotopic (exact) mass is 241 g/mol. The Hall–Kier alpha value is -0.810. The molecule has 5 heteroatoms. The fraction of sp³-hybridized carbons (Fsp3) is 0.917. The molecule has 100 valence electrons. The molecule has 0 aliphatic heterocycles. The van der Waals surface area contributed by atoms with Crippen molar-refractivity contribution in [2.24, 2.45) is 10.8 Å². The molecule has 1 aliphatic carbocycles. The minimum atomic E-state index is 0.554. The van der Waals surface area contributed by atoms with Crippen molar-refractivity contribution in [2.45, 2.75) is 45.6 Å². The van der Waals surface area contributed by atoms with Crippen LogP contribution >= 0.6 is 0 Å². The summed E-state index contributed by atoms with van der Waals surface area (Å²) in [6.45, 7) is 8.28. The molecule has 1 saturated carbocycles. The second kappa shape index (κ2) is 8.31. The van der Waals surface area contributed by atoms with Gasteiger partial charge >= 0.3 is 0 Å². The zero-order valence-electron chi connectivity index (χ0n) is 11.2. The second-order valence-electron chi connectivity index (χ2n) is 4.53. The minimum absolute atomic E-state index is 0.554. The molecule has 1 aliphatic rings. The Morgan fingerprint density at radius 1 is 1.29 bits per heavy atom. The average Bonchev–Trinajstić information content (AvgIpc) is 2.86. The van der Waals surface area contributed by atoms with Crippen molar-refractivity contribution >= 4 is 5.96 Å². The normalized spacial score (nSPS) is 17.8. The first-order valence-electron chi connectivity index (χ1n) is 6.80. The molecule has 0 aromatic carbocycles. The van der Waals surface area contributed by atoms with E-state index >= 15 is 0 Å². The predicted molar refractivity (Wildman–Crippen MR) is 72.8 cm³/mol. The van der Waals surface area contributed by atoms with Crippen LogP contribution in [0.2, 0.25) is 0 Å². The van der Waals surface area contributed by atoms with Gasteiger partial charge in [0.2, 0.25) is 5.96 Å². The van der Waals surface area contributed by atoms with Gasteiger partial charge in [0.1, 0.15) is 0 Å². The van der Waals surface area contributed by atoms with Gasteiger partial charge in [-0.1, -0.05) is 26.7 Å². The van der Waals surface area contributed by atoms with Crippen LogP contribution in [0.15, 0.2) is 4.99 Å². The molecule has 1 fully saturated rings. The first-order chi connectivity index (χ1) is 8.30. The lowest BCUT2D eigenvalue weighted by Gasteiger charge is -2.18. The maximum absolute atomic E-state index is 5.48. The molecular formula is C12H27N5. The third-order valence-corrected chi connectivity index (χ3v) is 3.41. The molecule has 17 heavy (non-hydrogen) atoms. The van der Waals surface area contributed by atoms with Gasteiger partial charge < -0.3 is 10.2 Å². The average molecular weight is 241 g/mol. The van der Waals surface area contributed by atoms with Crippen molar-refractivity contribution in [1.29, 1.82) is 0 Å². The largest absolute Gasteiger partial charge is 0.353 e. The van der Waals surface area contributed by atoms with Gasteiger partial charge in [-0.2, -0.15) is 0 Å². The molecule has 1 rings (SSSR count). The number of rotatable bonds is 6. The van der Waals surface area contributed by atoms with Crippen molar-refractivity contribution in [1.82, 2.24) is 15.6 Å². The van der Waals surface area contributed by atoms with Crippen molar-refractivity contribution in [3.05, 3.63) is 0 Å². The van der Waals surface area contributed by atoms with E-state index in [1.54, 1.807) is 0 Å². The van der Waals surface area contributed by atoms with E-state index in [9.17, 15) is 0 Å². The molecule has 0 spiro atoms. The van der Waals surface area contributed by atoms with E-state index in [2.05, 4.69) is 34.5 Å². The summed E-state index contributed by atoms with van der Waals surface area (Å²) in [5.41, 5.74) is 2.66. The van der Waals surface area contributed by atoms with E-state index in [-0.39, 0.29) is 0 Å². The van der Waals surface area contributed by atoms with Gasteiger partial charge in [-0.05, 0) is 25.9 Å². The number of hydrogen-bond acceptors (Lipinski definition) is 3. The molecule has 0 atom stereocenters. The van der Waals surface area contributed by atoms with E-state index in [4.69, 9.17) is 5.84 Å². The Balaban J connectivity index is 2.27. The summed E-state index contributed by atoms with van der Waals surface area (Å²) in [5.74, 6) is 6.22. The van der Waals surface area contributed by atoms with Crippen LogP contribution in [0.3, 0.4) is 0 Å². The maximum Gasteiger partial charge on any atom is 0.205 e. The van der Waals surface area contributed by atoms with Gasteiger partial charge in [0.25, 0.3) is 0 Å². The third kappa shape index (κ3) is 5.37. The van der Waals surface area contributed by atoms with E-state index < -0.39 is 0 Å². The number of nitrogens with one attached hydrogen (secondary N) is 2. The highest BCUT2D eigenvalue weighted by molar-refractivity contribution is 5.79. The molecule has 4 N–H and O–H groups in total. The maximum atomic E-state index is 5.48. The molecular weight excluding hydrogens is 214 g/mol. The van der Waals surface area contributed by atoms with Crippen molar-refractivity contribution in [3.63, 3.8) is 0 Å². The van der Waals surface area contributed by atoms with Crippen LogP contribution < -0.4 is 16.6 Å². The zero-order valence-corrected chi connectivity index (χ0v) is 11.2. The van der Waals surface area contributed by atoms with Gasteiger partial charge in [-0.15, -0.1) is 0 Å². The Kier molecular flexibility index (Phi) is 6.96. The van der Waals surface area contributed by atoms with Crippen LogP contribution in [0.1, 0.15) is 39.5 Å². The number of aliphatic imine (C=N–C) groups is 1. The van der Waals surface area contributed by atoms with Gasteiger partial charge in [0, 0.05) is 12.6 Å². The van der Waals surface area contributed by atoms with Crippen molar-refractivity contribution < 1.29 is 0 Å². The topological polar surface area (TPSA) is 65.7 Å². The fourth-order valence-corrected chi connectivity index (χ4v) is 2.24. The smallest absolute Gasteiger partial charge is 0.205 e.